The van der Waals surface area contributed by atoms with Gasteiger partial charge in [-0.3, -0.25) is 0 Å². The van der Waals surface area contributed by atoms with E-state index in [9.17, 15) is 5.11 Å². The average Bonchev–Trinajstić information content (AvgIpc) is 3.25. The van der Waals surface area contributed by atoms with Gasteiger partial charge in [0.1, 0.15) is 0 Å². The summed E-state index contributed by atoms with van der Waals surface area (Å²) in [4.78, 5) is 2.62. The van der Waals surface area contributed by atoms with Gasteiger partial charge in [-0.05, 0) is 70.5 Å². The van der Waals surface area contributed by atoms with Crippen molar-refractivity contribution in [2.75, 3.05) is 26.2 Å². The van der Waals surface area contributed by atoms with Crippen LogP contribution in [0.1, 0.15) is 65.7 Å². The molecule has 2 fully saturated rings. The summed E-state index contributed by atoms with van der Waals surface area (Å²) < 4.78 is 0. The molecule has 3 nitrogen and oxygen atoms in total. The maximum absolute atomic E-state index is 9.62. The standard InChI is InChI=1S/C17H34N2O/c1-4-16(2)9-12-19(13-10-16)11-5-8-17(3,14-20)18-15-6-7-15/h15,18,20H,4-14H2,1-3H3. The summed E-state index contributed by atoms with van der Waals surface area (Å²) >= 11 is 0. The quantitative estimate of drug-likeness (QED) is 0.718. The van der Waals surface area contributed by atoms with Crippen molar-refractivity contribution in [1.29, 1.82) is 0 Å². The van der Waals surface area contributed by atoms with E-state index in [4.69, 9.17) is 0 Å². The molecule has 0 radical (unpaired) electrons. The van der Waals surface area contributed by atoms with Gasteiger partial charge in [0.25, 0.3) is 0 Å². The fourth-order valence-electron chi connectivity index (χ4n) is 3.28. The van der Waals surface area contributed by atoms with Crippen molar-refractivity contribution in [2.45, 2.75) is 77.3 Å². The molecule has 0 amide bonds. The van der Waals surface area contributed by atoms with Crippen molar-refractivity contribution in [3.63, 3.8) is 0 Å². The highest BCUT2D eigenvalue weighted by atomic mass is 16.3. The Hall–Kier alpha value is -0.120. The minimum Gasteiger partial charge on any atom is -0.394 e. The molecular weight excluding hydrogens is 248 g/mol. The Bertz CT molecular complexity index is 295. The highest BCUT2D eigenvalue weighted by Gasteiger charge is 2.32. The summed E-state index contributed by atoms with van der Waals surface area (Å²) in [7, 11) is 0. The van der Waals surface area contributed by atoms with Crippen LogP contribution in [0, 0.1) is 5.41 Å². The van der Waals surface area contributed by atoms with Gasteiger partial charge in [0.05, 0.1) is 6.61 Å². The first-order valence-electron chi connectivity index (χ1n) is 8.59. The fraction of sp³-hybridized carbons (Fsp3) is 1.00. The number of hydrogen-bond acceptors (Lipinski definition) is 3. The number of nitrogens with zero attached hydrogens (tertiary/aromatic N) is 1. The van der Waals surface area contributed by atoms with Crippen molar-refractivity contribution in [2.24, 2.45) is 5.41 Å². The van der Waals surface area contributed by atoms with E-state index in [0.717, 1.165) is 6.42 Å². The number of likely N-dealkylation sites (tertiary alicyclic amines) is 1. The highest BCUT2D eigenvalue weighted by molar-refractivity contribution is 4.92. The monoisotopic (exact) mass is 282 g/mol. The molecule has 2 rings (SSSR count). The molecule has 1 atom stereocenters. The molecular formula is C17H34N2O. The van der Waals surface area contributed by atoms with Crippen molar-refractivity contribution < 1.29 is 5.11 Å². The summed E-state index contributed by atoms with van der Waals surface area (Å²) in [5, 5.41) is 13.2. The summed E-state index contributed by atoms with van der Waals surface area (Å²) in [6.07, 6.45) is 8.87. The first-order chi connectivity index (χ1) is 9.49. The van der Waals surface area contributed by atoms with Gasteiger partial charge in [-0.15, -0.1) is 0 Å². The van der Waals surface area contributed by atoms with Crippen molar-refractivity contribution >= 4 is 0 Å². The van der Waals surface area contributed by atoms with Crippen molar-refractivity contribution in [3.05, 3.63) is 0 Å². The van der Waals surface area contributed by atoms with Crippen LogP contribution in [-0.4, -0.2) is 47.8 Å². The second-order valence-electron chi connectivity index (χ2n) is 7.75. The van der Waals surface area contributed by atoms with E-state index in [1.54, 1.807) is 0 Å². The lowest BCUT2D eigenvalue weighted by Gasteiger charge is -2.39. The van der Waals surface area contributed by atoms with Crippen LogP contribution in [0.4, 0.5) is 0 Å². The molecule has 0 aromatic rings. The largest absolute Gasteiger partial charge is 0.394 e. The second kappa shape index (κ2) is 6.76. The number of hydrogen-bond donors (Lipinski definition) is 2. The number of aliphatic hydroxyl groups excluding tert-OH is 1. The maximum atomic E-state index is 9.62. The second-order valence-corrected chi connectivity index (χ2v) is 7.75. The molecule has 0 spiro atoms. The third kappa shape index (κ3) is 4.71. The Labute approximate surface area is 125 Å². The topological polar surface area (TPSA) is 35.5 Å². The molecule has 2 aliphatic rings. The Balaban J connectivity index is 1.65. The zero-order valence-electron chi connectivity index (χ0n) is 13.7. The molecule has 0 aromatic carbocycles. The Kier molecular flexibility index (Phi) is 5.49. The number of nitrogens with one attached hydrogen (secondary N) is 1. The van der Waals surface area contributed by atoms with Crippen molar-refractivity contribution in [3.8, 4) is 0 Å². The van der Waals surface area contributed by atoms with Crippen LogP contribution < -0.4 is 5.32 Å². The minimum absolute atomic E-state index is 0.0606. The van der Waals surface area contributed by atoms with Crippen LogP contribution in [0.3, 0.4) is 0 Å². The molecule has 1 saturated heterocycles. The molecule has 118 valence electrons. The van der Waals surface area contributed by atoms with Gasteiger partial charge in [-0.25, -0.2) is 0 Å². The van der Waals surface area contributed by atoms with E-state index >= 15 is 0 Å². The Morgan fingerprint density at radius 1 is 1.30 bits per heavy atom. The summed E-state index contributed by atoms with van der Waals surface area (Å²) in [5.74, 6) is 0. The van der Waals surface area contributed by atoms with Crippen LogP contribution in [0.15, 0.2) is 0 Å². The Morgan fingerprint density at radius 2 is 1.95 bits per heavy atom. The lowest BCUT2D eigenvalue weighted by molar-refractivity contribution is 0.106. The normalized spacial score (nSPS) is 26.4. The molecule has 1 aliphatic carbocycles. The van der Waals surface area contributed by atoms with Gasteiger partial charge in [0, 0.05) is 11.6 Å². The van der Waals surface area contributed by atoms with Gasteiger partial charge >= 0.3 is 0 Å². The summed E-state index contributed by atoms with van der Waals surface area (Å²) in [5.41, 5.74) is 0.526. The molecule has 20 heavy (non-hydrogen) atoms. The lowest BCUT2D eigenvalue weighted by Crippen LogP contribution is -2.47. The summed E-state index contributed by atoms with van der Waals surface area (Å²) in [6, 6.07) is 0.674. The van der Waals surface area contributed by atoms with E-state index in [0.29, 0.717) is 11.5 Å². The van der Waals surface area contributed by atoms with Crippen LogP contribution in [-0.2, 0) is 0 Å². The summed E-state index contributed by atoms with van der Waals surface area (Å²) in [6.45, 7) is 10.9. The molecule has 1 aliphatic heterocycles. The molecule has 2 N–H and O–H groups in total. The molecule has 1 heterocycles. The van der Waals surface area contributed by atoms with Gasteiger partial charge < -0.3 is 15.3 Å². The van der Waals surface area contributed by atoms with Gasteiger partial charge in [0.15, 0.2) is 0 Å². The molecule has 3 heteroatoms. The molecule has 0 aromatic heterocycles. The number of rotatable bonds is 8. The zero-order valence-corrected chi connectivity index (χ0v) is 13.7. The third-order valence-electron chi connectivity index (χ3n) is 5.60. The molecule has 1 saturated carbocycles. The minimum atomic E-state index is -0.0606. The smallest absolute Gasteiger partial charge is 0.0610 e. The molecule has 1 unspecified atom stereocenters. The van der Waals surface area contributed by atoms with Gasteiger partial charge in [-0.2, -0.15) is 0 Å². The average molecular weight is 282 g/mol. The lowest BCUT2D eigenvalue weighted by atomic mass is 9.78. The van der Waals surface area contributed by atoms with E-state index in [2.05, 4.69) is 31.0 Å². The first kappa shape index (κ1) is 16.3. The van der Waals surface area contributed by atoms with Crippen molar-refractivity contribution in [1.82, 2.24) is 10.2 Å². The predicted molar refractivity (Wildman–Crippen MR) is 85.0 cm³/mol. The van der Waals surface area contributed by atoms with E-state index in [1.807, 2.05) is 0 Å². The predicted octanol–water partition coefficient (Wildman–Crippen LogP) is 2.78. The first-order valence-corrected chi connectivity index (χ1v) is 8.59. The van der Waals surface area contributed by atoms with E-state index in [1.165, 1.54) is 58.2 Å². The third-order valence-corrected chi connectivity index (χ3v) is 5.60. The number of piperidine rings is 1. The zero-order chi connectivity index (χ0) is 14.6. The van der Waals surface area contributed by atoms with E-state index in [-0.39, 0.29) is 12.1 Å². The van der Waals surface area contributed by atoms with E-state index < -0.39 is 0 Å². The van der Waals surface area contributed by atoms with Gasteiger partial charge in [0.2, 0.25) is 0 Å². The van der Waals surface area contributed by atoms with Crippen LogP contribution in [0.2, 0.25) is 0 Å². The number of aliphatic hydroxyl groups is 1. The van der Waals surface area contributed by atoms with Crippen LogP contribution in [0.25, 0.3) is 0 Å². The van der Waals surface area contributed by atoms with Gasteiger partial charge in [-0.1, -0.05) is 20.3 Å². The fourth-order valence-corrected chi connectivity index (χ4v) is 3.28. The Morgan fingerprint density at radius 3 is 2.45 bits per heavy atom. The molecule has 0 bridgehead atoms. The maximum Gasteiger partial charge on any atom is 0.0610 e. The van der Waals surface area contributed by atoms with Crippen LogP contribution >= 0.6 is 0 Å². The SMILES string of the molecule is CCC1(C)CCN(CCCC(C)(CO)NC2CC2)CC1. The highest BCUT2D eigenvalue weighted by Crippen LogP contribution is 2.34. The van der Waals surface area contributed by atoms with Crippen LogP contribution in [0.5, 0.6) is 0 Å².